The molecule has 0 atom stereocenters. The molecule has 0 saturated carbocycles. The van der Waals surface area contributed by atoms with E-state index in [2.05, 4.69) is 18.4 Å². The van der Waals surface area contributed by atoms with Crippen molar-refractivity contribution in [1.82, 2.24) is 18.9 Å². The maximum atomic E-state index is 13.0. The molecule has 1 aliphatic heterocycles. The lowest BCUT2D eigenvalue weighted by atomic mass is 10.2. The number of aromatic nitrogens is 2. The summed E-state index contributed by atoms with van der Waals surface area (Å²) in [5.74, 6) is 0.104. The van der Waals surface area contributed by atoms with Gasteiger partial charge in [0.25, 0.3) is 11.8 Å². The van der Waals surface area contributed by atoms with Gasteiger partial charge >= 0.3 is 0 Å². The summed E-state index contributed by atoms with van der Waals surface area (Å²) < 4.78 is 4.07. The number of amides is 2. The minimum Gasteiger partial charge on any atom is -0.356 e. The number of piperazine rings is 1. The Morgan fingerprint density at radius 1 is 1.00 bits per heavy atom. The maximum absolute atomic E-state index is 13.0. The quantitative estimate of drug-likeness (QED) is 0.849. The number of rotatable bonds is 3. The zero-order valence-corrected chi connectivity index (χ0v) is 16.3. The van der Waals surface area contributed by atoms with Crippen molar-refractivity contribution in [2.75, 3.05) is 26.2 Å². The van der Waals surface area contributed by atoms with Crippen LogP contribution >= 0.6 is 0 Å². The first kappa shape index (κ1) is 18.3. The lowest BCUT2D eigenvalue weighted by Crippen LogP contribution is -2.50. The molecule has 1 aliphatic rings. The average molecular weight is 356 g/mol. The summed E-state index contributed by atoms with van der Waals surface area (Å²) in [6.45, 7) is 10.6. The molecule has 140 valence electrons. The zero-order valence-electron chi connectivity index (χ0n) is 16.3. The van der Waals surface area contributed by atoms with E-state index in [1.165, 1.54) is 0 Å². The predicted octanol–water partition coefficient (Wildman–Crippen LogP) is 2.62. The Hall–Kier alpha value is -2.50. The zero-order chi connectivity index (χ0) is 19.0. The second kappa shape index (κ2) is 7.02. The second-order valence-electron chi connectivity index (χ2n) is 7.40. The van der Waals surface area contributed by atoms with Crippen LogP contribution in [0.5, 0.6) is 0 Å². The van der Waals surface area contributed by atoms with Gasteiger partial charge in [0.1, 0.15) is 0 Å². The molecule has 3 rings (SSSR count). The minimum absolute atomic E-state index is 0.0377. The molecule has 0 unspecified atom stereocenters. The summed E-state index contributed by atoms with van der Waals surface area (Å²) in [7, 11) is 1.90. The standard InChI is InChI=1S/C20H28N4O2/c1-14(2)24-15(3)12-18(16(24)4)20(26)23-10-8-22(9-11-23)19(25)17-6-7-21(5)13-17/h6-7,12-14H,8-11H2,1-5H3. The molecule has 1 fully saturated rings. The highest BCUT2D eigenvalue weighted by molar-refractivity contribution is 5.96. The van der Waals surface area contributed by atoms with Crippen LogP contribution in [0.3, 0.4) is 0 Å². The van der Waals surface area contributed by atoms with Crippen molar-refractivity contribution < 1.29 is 9.59 Å². The van der Waals surface area contributed by atoms with Crippen LogP contribution < -0.4 is 0 Å². The Morgan fingerprint density at radius 2 is 1.58 bits per heavy atom. The molecular formula is C20H28N4O2. The highest BCUT2D eigenvalue weighted by Crippen LogP contribution is 2.22. The Labute approximate surface area is 155 Å². The molecule has 6 nitrogen and oxygen atoms in total. The fraction of sp³-hybridized carbons (Fsp3) is 0.500. The van der Waals surface area contributed by atoms with E-state index in [9.17, 15) is 9.59 Å². The summed E-state index contributed by atoms with van der Waals surface area (Å²) in [6.07, 6.45) is 3.71. The molecule has 2 aromatic rings. The molecule has 0 aromatic carbocycles. The van der Waals surface area contributed by atoms with Crippen molar-refractivity contribution in [2.24, 2.45) is 7.05 Å². The molecule has 0 spiro atoms. The van der Waals surface area contributed by atoms with Gasteiger partial charge < -0.3 is 18.9 Å². The Balaban J connectivity index is 1.67. The minimum atomic E-state index is 0.0377. The van der Waals surface area contributed by atoms with Crippen LogP contribution in [0.4, 0.5) is 0 Å². The highest BCUT2D eigenvalue weighted by atomic mass is 16.2. The van der Waals surface area contributed by atoms with E-state index in [1.54, 1.807) is 0 Å². The van der Waals surface area contributed by atoms with Crippen molar-refractivity contribution >= 4 is 11.8 Å². The molecule has 6 heteroatoms. The first-order valence-corrected chi connectivity index (χ1v) is 9.18. The fourth-order valence-electron chi connectivity index (χ4n) is 3.88. The molecule has 3 heterocycles. The van der Waals surface area contributed by atoms with E-state index in [0.29, 0.717) is 37.8 Å². The van der Waals surface area contributed by atoms with Crippen LogP contribution in [0.2, 0.25) is 0 Å². The van der Waals surface area contributed by atoms with Gasteiger partial charge in [-0.1, -0.05) is 0 Å². The molecule has 0 bridgehead atoms. The van der Waals surface area contributed by atoms with Gasteiger partial charge in [0.15, 0.2) is 0 Å². The number of aryl methyl sites for hydroxylation is 2. The summed E-state index contributed by atoms with van der Waals surface area (Å²) in [4.78, 5) is 29.2. The maximum Gasteiger partial charge on any atom is 0.255 e. The molecule has 2 amide bonds. The molecule has 0 N–H and O–H groups in total. The van der Waals surface area contributed by atoms with Crippen molar-refractivity contribution in [2.45, 2.75) is 33.7 Å². The van der Waals surface area contributed by atoms with E-state index < -0.39 is 0 Å². The van der Waals surface area contributed by atoms with Gasteiger partial charge in [-0.3, -0.25) is 9.59 Å². The summed E-state index contributed by atoms with van der Waals surface area (Å²) in [5.41, 5.74) is 3.61. The highest BCUT2D eigenvalue weighted by Gasteiger charge is 2.28. The summed E-state index contributed by atoms with van der Waals surface area (Å²) in [6, 6.07) is 4.15. The van der Waals surface area contributed by atoms with Gasteiger partial charge in [-0.05, 0) is 39.8 Å². The van der Waals surface area contributed by atoms with Crippen molar-refractivity contribution in [3.63, 3.8) is 0 Å². The smallest absolute Gasteiger partial charge is 0.255 e. The SMILES string of the molecule is Cc1cc(C(=O)N2CCN(C(=O)c3ccn(C)c3)CC2)c(C)n1C(C)C. The lowest BCUT2D eigenvalue weighted by Gasteiger charge is -2.34. The molecule has 0 aliphatic carbocycles. The monoisotopic (exact) mass is 356 g/mol. The van der Waals surface area contributed by atoms with E-state index in [1.807, 2.05) is 59.8 Å². The largest absolute Gasteiger partial charge is 0.356 e. The lowest BCUT2D eigenvalue weighted by molar-refractivity contribution is 0.0535. The van der Waals surface area contributed by atoms with Crippen LogP contribution in [0, 0.1) is 13.8 Å². The third-order valence-corrected chi connectivity index (χ3v) is 5.16. The first-order valence-electron chi connectivity index (χ1n) is 9.18. The summed E-state index contributed by atoms with van der Waals surface area (Å²) >= 11 is 0. The van der Waals surface area contributed by atoms with Gasteiger partial charge in [0.2, 0.25) is 0 Å². The van der Waals surface area contributed by atoms with Crippen molar-refractivity contribution in [3.05, 3.63) is 47.0 Å². The van der Waals surface area contributed by atoms with E-state index in [-0.39, 0.29) is 11.8 Å². The molecular weight excluding hydrogens is 328 g/mol. The Bertz CT molecular complexity index is 823. The number of nitrogens with zero attached hydrogens (tertiary/aromatic N) is 4. The van der Waals surface area contributed by atoms with Crippen molar-refractivity contribution in [3.8, 4) is 0 Å². The fourth-order valence-corrected chi connectivity index (χ4v) is 3.88. The van der Waals surface area contributed by atoms with E-state index >= 15 is 0 Å². The first-order chi connectivity index (χ1) is 12.3. The van der Waals surface area contributed by atoms with Gasteiger partial charge in [0.05, 0.1) is 11.1 Å². The Kier molecular flexibility index (Phi) is 4.94. The van der Waals surface area contributed by atoms with E-state index in [4.69, 9.17) is 0 Å². The van der Waals surface area contributed by atoms with Gasteiger partial charge in [0, 0.05) is 63.1 Å². The van der Waals surface area contributed by atoms with Gasteiger partial charge in [-0.25, -0.2) is 0 Å². The number of hydrogen-bond donors (Lipinski definition) is 0. The van der Waals surface area contributed by atoms with Crippen LogP contribution in [-0.2, 0) is 7.05 Å². The Morgan fingerprint density at radius 3 is 2.04 bits per heavy atom. The number of hydrogen-bond acceptors (Lipinski definition) is 2. The van der Waals surface area contributed by atoms with Crippen LogP contribution in [0.15, 0.2) is 24.5 Å². The third kappa shape index (κ3) is 3.28. The van der Waals surface area contributed by atoms with Crippen LogP contribution in [0.1, 0.15) is 52.0 Å². The third-order valence-electron chi connectivity index (χ3n) is 5.16. The molecule has 1 saturated heterocycles. The van der Waals surface area contributed by atoms with Crippen molar-refractivity contribution in [1.29, 1.82) is 0 Å². The van der Waals surface area contributed by atoms with Gasteiger partial charge in [-0.15, -0.1) is 0 Å². The molecule has 2 aromatic heterocycles. The molecule has 0 radical (unpaired) electrons. The molecule has 26 heavy (non-hydrogen) atoms. The van der Waals surface area contributed by atoms with Crippen LogP contribution in [0.25, 0.3) is 0 Å². The van der Waals surface area contributed by atoms with Gasteiger partial charge in [-0.2, -0.15) is 0 Å². The number of carbonyl (C=O) groups excluding carboxylic acids is 2. The average Bonchev–Trinajstić information content (AvgIpc) is 3.16. The topological polar surface area (TPSA) is 50.5 Å². The normalized spacial score (nSPS) is 15.0. The summed E-state index contributed by atoms with van der Waals surface area (Å²) in [5, 5.41) is 0. The predicted molar refractivity (Wildman–Crippen MR) is 102 cm³/mol. The number of carbonyl (C=O) groups is 2. The van der Waals surface area contributed by atoms with E-state index in [0.717, 1.165) is 17.0 Å². The van der Waals surface area contributed by atoms with Crippen LogP contribution in [-0.4, -0.2) is 56.9 Å². The second-order valence-corrected chi connectivity index (χ2v) is 7.40.